The summed E-state index contributed by atoms with van der Waals surface area (Å²) < 4.78 is 0. The first kappa shape index (κ1) is 23.5. The fourth-order valence-corrected chi connectivity index (χ4v) is 5.71. The van der Waals surface area contributed by atoms with E-state index in [2.05, 4.69) is 63.9 Å². The number of nitrogens with zero attached hydrogens (tertiary/aromatic N) is 6. The molecular formula is C28H37N7. The highest BCUT2D eigenvalue weighted by Crippen LogP contribution is 2.32. The largest absolute Gasteiger partial charge is 0.370 e. The molecule has 0 radical (unpaired) electrons. The van der Waals surface area contributed by atoms with E-state index < -0.39 is 0 Å². The lowest BCUT2D eigenvalue weighted by atomic mass is 9.92. The van der Waals surface area contributed by atoms with Gasteiger partial charge in [0.15, 0.2) is 0 Å². The number of nitrogens with one attached hydrogen (secondary N) is 1. The molecule has 2 aromatic rings. The van der Waals surface area contributed by atoms with Gasteiger partial charge in [0.2, 0.25) is 5.95 Å². The van der Waals surface area contributed by atoms with E-state index in [0.717, 1.165) is 63.0 Å². The molecule has 4 heterocycles. The zero-order chi connectivity index (χ0) is 24.4. The number of benzene rings is 1. The van der Waals surface area contributed by atoms with E-state index in [1.165, 1.54) is 23.4 Å². The van der Waals surface area contributed by atoms with E-state index in [9.17, 15) is 0 Å². The Morgan fingerprint density at radius 3 is 2.29 bits per heavy atom. The van der Waals surface area contributed by atoms with Crippen LogP contribution >= 0.6 is 0 Å². The predicted octanol–water partition coefficient (Wildman–Crippen LogP) is 4.52. The lowest BCUT2D eigenvalue weighted by molar-refractivity contribution is 0.320. The Balaban J connectivity index is 1.26. The lowest BCUT2D eigenvalue weighted by Gasteiger charge is -2.38. The summed E-state index contributed by atoms with van der Waals surface area (Å²) in [6.07, 6.45) is 8.12. The highest BCUT2D eigenvalue weighted by atomic mass is 15.3. The fraction of sp³-hybridized carbons (Fsp3) is 0.500. The summed E-state index contributed by atoms with van der Waals surface area (Å²) in [4.78, 5) is 21.4. The first-order valence-corrected chi connectivity index (χ1v) is 12.9. The first-order chi connectivity index (χ1) is 17.0. The van der Waals surface area contributed by atoms with Gasteiger partial charge in [-0.2, -0.15) is 0 Å². The van der Waals surface area contributed by atoms with Crippen molar-refractivity contribution in [1.29, 1.82) is 5.41 Å². The smallest absolute Gasteiger partial charge is 0.225 e. The number of para-hydroxylation sites is 1. The molecule has 184 valence electrons. The van der Waals surface area contributed by atoms with Crippen molar-refractivity contribution in [3.05, 3.63) is 48.4 Å². The molecule has 0 saturated carbocycles. The zero-order valence-corrected chi connectivity index (χ0v) is 21.2. The average molecular weight is 472 g/mol. The Labute approximate surface area is 209 Å². The van der Waals surface area contributed by atoms with E-state index in [4.69, 9.17) is 15.4 Å². The van der Waals surface area contributed by atoms with Crippen molar-refractivity contribution in [2.75, 3.05) is 55.6 Å². The average Bonchev–Trinajstić information content (AvgIpc) is 3.31. The Morgan fingerprint density at radius 2 is 1.60 bits per heavy atom. The number of aliphatic imine (C=N–C) groups is 1. The van der Waals surface area contributed by atoms with Crippen LogP contribution in [0.25, 0.3) is 11.1 Å². The third kappa shape index (κ3) is 5.39. The maximum atomic E-state index is 7.72. The number of allylic oxidation sites excluding steroid dienone is 1. The summed E-state index contributed by atoms with van der Waals surface area (Å²) in [7, 11) is 0. The minimum atomic E-state index is 0.660. The van der Waals surface area contributed by atoms with Gasteiger partial charge in [-0.3, -0.25) is 4.99 Å². The molecule has 0 aliphatic carbocycles. The van der Waals surface area contributed by atoms with Crippen LogP contribution in [0, 0.1) is 17.2 Å². The van der Waals surface area contributed by atoms with Crippen molar-refractivity contribution in [1.82, 2.24) is 14.9 Å². The zero-order valence-electron chi connectivity index (χ0n) is 21.2. The van der Waals surface area contributed by atoms with Crippen molar-refractivity contribution in [2.24, 2.45) is 16.8 Å². The molecule has 0 spiro atoms. The van der Waals surface area contributed by atoms with Crippen molar-refractivity contribution in [3.63, 3.8) is 0 Å². The van der Waals surface area contributed by atoms with Gasteiger partial charge < -0.3 is 20.1 Å². The van der Waals surface area contributed by atoms with Gasteiger partial charge in [-0.05, 0) is 37.3 Å². The van der Waals surface area contributed by atoms with E-state index in [0.29, 0.717) is 24.0 Å². The van der Waals surface area contributed by atoms with E-state index in [-0.39, 0.29) is 0 Å². The fourth-order valence-electron chi connectivity index (χ4n) is 5.71. The molecule has 7 nitrogen and oxygen atoms in total. The number of hydrogen-bond acceptors (Lipinski definition) is 7. The van der Waals surface area contributed by atoms with E-state index >= 15 is 0 Å². The second-order valence-corrected chi connectivity index (χ2v) is 10.5. The minimum absolute atomic E-state index is 0.660. The molecule has 1 aromatic heterocycles. The summed E-state index contributed by atoms with van der Waals surface area (Å²) in [5, 5.41) is 7.72. The number of aromatic nitrogens is 2. The van der Waals surface area contributed by atoms with Crippen molar-refractivity contribution >= 4 is 23.1 Å². The van der Waals surface area contributed by atoms with Crippen LogP contribution in [0.15, 0.2) is 53.4 Å². The summed E-state index contributed by atoms with van der Waals surface area (Å²) >= 11 is 0. The quantitative estimate of drug-likeness (QED) is 0.628. The van der Waals surface area contributed by atoms with Crippen LogP contribution in [0.3, 0.4) is 0 Å². The normalized spacial score (nSPS) is 22.8. The predicted molar refractivity (Wildman–Crippen MR) is 145 cm³/mol. The molecular weight excluding hydrogens is 434 g/mol. The van der Waals surface area contributed by atoms with Crippen LogP contribution in [0.2, 0.25) is 0 Å². The molecule has 7 heteroatoms. The topological polar surface area (TPSA) is 71.7 Å². The van der Waals surface area contributed by atoms with Gasteiger partial charge in [0.05, 0.1) is 6.54 Å². The third-order valence-electron chi connectivity index (χ3n) is 7.26. The molecule has 35 heavy (non-hydrogen) atoms. The van der Waals surface area contributed by atoms with Crippen LogP contribution in [0.1, 0.15) is 33.6 Å². The SMILES string of the molecule is CC(=N)CC1=NCC(N2CCN(c3ccccc3-c3cnc(N4CC(C)CC(C)C4)nc3)CC2)=C1. The number of piperidine rings is 1. The summed E-state index contributed by atoms with van der Waals surface area (Å²) in [6.45, 7) is 13.2. The monoisotopic (exact) mass is 471 g/mol. The van der Waals surface area contributed by atoms with Crippen molar-refractivity contribution in [3.8, 4) is 11.1 Å². The molecule has 2 unspecified atom stereocenters. The van der Waals surface area contributed by atoms with Gasteiger partial charge in [-0.25, -0.2) is 9.97 Å². The van der Waals surface area contributed by atoms with Gasteiger partial charge >= 0.3 is 0 Å². The number of hydrogen-bond donors (Lipinski definition) is 1. The van der Waals surface area contributed by atoms with Gasteiger partial charge in [0, 0.05) is 92.0 Å². The molecule has 2 saturated heterocycles. The summed E-state index contributed by atoms with van der Waals surface area (Å²) in [5.41, 5.74) is 6.51. The number of anilines is 2. The minimum Gasteiger partial charge on any atom is -0.370 e. The molecule has 0 bridgehead atoms. The van der Waals surface area contributed by atoms with Gasteiger partial charge in [-0.1, -0.05) is 32.0 Å². The first-order valence-electron chi connectivity index (χ1n) is 12.9. The van der Waals surface area contributed by atoms with Crippen LogP contribution in [-0.4, -0.2) is 72.1 Å². The van der Waals surface area contributed by atoms with Crippen molar-refractivity contribution in [2.45, 2.75) is 33.6 Å². The lowest BCUT2D eigenvalue weighted by Crippen LogP contribution is -2.46. The molecule has 2 atom stereocenters. The number of piperazine rings is 1. The molecule has 3 aliphatic heterocycles. The van der Waals surface area contributed by atoms with Crippen LogP contribution in [-0.2, 0) is 0 Å². The van der Waals surface area contributed by atoms with Gasteiger partial charge in [0.25, 0.3) is 0 Å². The van der Waals surface area contributed by atoms with Gasteiger partial charge in [-0.15, -0.1) is 0 Å². The highest BCUT2D eigenvalue weighted by molar-refractivity contribution is 6.09. The van der Waals surface area contributed by atoms with Crippen molar-refractivity contribution < 1.29 is 0 Å². The molecule has 1 N–H and O–H groups in total. The van der Waals surface area contributed by atoms with Crippen LogP contribution < -0.4 is 9.80 Å². The molecule has 3 aliphatic rings. The maximum Gasteiger partial charge on any atom is 0.225 e. The van der Waals surface area contributed by atoms with Crippen LogP contribution in [0.5, 0.6) is 0 Å². The Bertz CT molecular complexity index is 1100. The van der Waals surface area contributed by atoms with E-state index in [1.807, 2.05) is 19.3 Å². The summed E-state index contributed by atoms with van der Waals surface area (Å²) in [6, 6.07) is 8.63. The number of rotatable bonds is 6. The second kappa shape index (κ2) is 10.2. The molecule has 1 aromatic carbocycles. The van der Waals surface area contributed by atoms with E-state index in [1.54, 1.807) is 0 Å². The van der Waals surface area contributed by atoms with Crippen LogP contribution in [0.4, 0.5) is 11.6 Å². The molecule has 5 rings (SSSR count). The second-order valence-electron chi connectivity index (χ2n) is 10.5. The Morgan fingerprint density at radius 1 is 0.943 bits per heavy atom. The Hall–Kier alpha value is -3.22. The molecule has 2 fully saturated rings. The highest BCUT2D eigenvalue weighted by Gasteiger charge is 2.25. The standard InChI is InChI=1S/C28H37N7/c1-20-12-21(2)19-35(18-20)28-31-15-23(16-32-28)26-6-4-5-7-27(26)34-10-8-33(9-11-34)25-14-24(30-17-25)13-22(3)29/h4-7,14-16,20-21,29H,8-13,17-19H2,1-3H3. The molecule has 0 amide bonds. The Kier molecular flexibility index (Phi) is 6.84. The van der Waals surface area contributed by atoms with Gasteiger partial charge in [0.1, 0.15) is 0 Å². The maximum absolute atomic E-state index is 7.72. The summed E-state index contributed by atoms with van der Waals surface area (Å²) in [5.74, 6) is 2.21. The third-order valence-corrected chi connectivity index (χ3v) is 7.26.